The number of hydrogen-bond donors (Lipinski definition) is 3. The van der Waals surface area contributed by atoms with Crippen LogP contribution in [0.3, 0.4) is 0 Å². The standard InChI is InChI=1S/C25H27NO4S2/c1-30-20-11-8-18(9-12-20)15-21-13-14-22(32-21)23(25(28)29)26-24(27)19(16-31)10-7-17-5-3-2-4-6-17/h2-6,8-9,11-14,19,23,31H,7,10,15-16H2,1H3,(H,26,27)(H,28,29). The minimum atomic E-state index is -1.07. The molecule has 2 aromatic carbocycles. The predicted octanol–water partition coefficient (Wildman–Crippen LogP) is 4.77. The Morgan fingerprint density at radius 2 is 1.75 bits per heavy atom. The van der Waals surface area contributed by atoms with Crippen LogP contribution in [0.2, 0.25) is 0 Å². The molecule has 5 nitrogen and oxygen atoms in total. The van der Waals surface area contributed by atoms with Crippen molar-refractivity contribution in [3.8, 4) is 5.75 Å². The highest BCUT2D eigenvalue weighted by molar-refractivity contribution is 7.80. The molecule has 2 atom stereocenters. The first kappa shape index (κ1) is 23.9. The fraction of sp³-hybridized carbons (Fsp3) is 0.280. The first-order chi connectivity index (χ1) is 15.5. The van der Waals surface area contributed by atoms with E-state index in [1.54, 1.807) is 13.2 Å². The Labute approximate surface area is 197 Å². The van der Waals surface area contributed by atoms with Crippen molar-refractivity contribution >= 4 is 35.8 Å². The summed E-state index contributed by atoms with van der Waals surface area (Å²) in [5, 5.41) is 12.5. The topological polar surface area (TPSA) is 75.6 Å². The van der Waals surface area contributed by atoms with Crippen LogP contribution >= 0.6 is 24.0 Å². The number of nitrogens with one attached hydrogen (secondary N) is 1. The van der Waals surface area contributed by atoms with Crippen molar-refractivity contribution in [1.82, 2.24) is 5.32 Å². The maximum Gasteiger partial charge on any atom is 0.331 e. The number of aliphatic carboxylic acids is 1. The molecule has 3 rings (SSSR count). The highest BCUT2D eigenvalue weighted by Gasteiger charge is 2.27. The normalized spacial score (nSPS) is 12.7. The number of carboxylic acid groups (broad SMARTS) is 1. The van der Waals surface area contributed by atoms with Gasteiger partial charge in [0.15, 0.2) is 6.04 Å². The third-order valence-electron chi connectivity index (χ3n) is 5.25. The zero-order valence-electron chi connectivity index (χ0n) is 17.9. The van der Waals surface area contributed by atoms with E-state index in [1.165, 1.54) is 11.3 Å². The van der Waals surface area contributed by atoms with Gasteiger partial charge in [-0.25, -0.2) is 4.79 Å². The van der Waals surface area contributed by atoms with E-state index in [9.17, 15) is 14.7 Å². The maximum absolute atomic E-state index is 12.8. The number of amides is 1. The monoisotopic (exact) mass is 469 g/mol. The number of ether oxygens (including phenoxy) is 1. The largest absolute Gasteiger partial charge is 0.497 e. The Morgan fingerprint density at radius 1 is 1.03 bits per heavy atom. The van der Waals surface area contributed by atoms with Crippen LogP contribution in [0.15, 0.2) is 66.7 Å². The van der Waals surface area contributed by atoms with Crippen molar-refractivity contribution < 1.29 is 19.4 Å². The number of carboxylic acids is 1. The molecule has 0 radical (unpaired) electrons. The van der Waals surface area contributed by atoms with Gasteiger partial charge in [0.2, 0.25) is 5.91 Å². The highest BCUT2D eigenvalue weighted by Crippen LogP contribution is 2.27. The Morgan fingerprint density at radius 3 is 2.38 bits per heavy atom. The Hall–Kier alpha value is -2.77. The molecule has 0 bridgehead atoms. The summed E-state index contributed by atoms with van der Waals surface area (Å²) < 4.78 is 5.18. The summed E-state index contributed by atoms with van der Waals surface area (Å²) in [6.45, 7) is 0. The summed E-state index contributed by atoms with van der Waals surface area (Å²) >= 11 is 5.72. The minimum absolute atomic E-state index is 0.284. The second kappa shape index (κ2) is 11.7. The Kier molecular flexibility index (Phi) is 8.76. The first-order valence-electron chi connectivity index (χ1n) is 10.4. The van der Waals surface area contributed by atoms with Crippen LogP contribution in [-0.4, -0.2) is 29.8 Å². The molecule has 0 saturated carbocycles. The van der Waals surface area contributed by atoms with Crippen molar-refractivity contribution in [2.45, 2.75) is 25.3 Å². The number of thiophene rings is 1. The molecule has 0 saturated heterocycles. The van der Waals surface area contributed by atoms with Crippen molar-refractivity contribution in [3.63, 3.8) is 0 Å². The Bertz CT molecular complexity index is 1020. The lowest BCUT2D eigenvalue weighted by atomic mass is 9.99. The van der Waals surface area contributed by atoms with Crippen LogP contribution in [0.25, 0.3) is 0 Å². The molecule has 168 valence electrons. The summed E-state index contributed by atoms with van der Waals surface area (Å²) in [7, 11) is 1.63. The molecule has 2 unspecified atom stereocenters. The molecule has 1 amide bonds. The zero-order chi connectivity index (χ0) is 22.9. The molecule has 0 fully saturated rings. The lowest BCUT2D eigenvalue weighted by molar-refractivity contribution is -0.142. The van der Waals surface area contributed by atoms with E-state index in [2.05, 4.69) is 17.9 Å². The van der Waals surface area contributed by atoms with Gasteiger partial charge in [-0.3, -0.25) is 4.79 Å². The van der Waals surface area contributed by atoms with E-state index in [0.29, 0.717) is 23.5 Å². The number of benzene rings is 2. The molecule has 2 N–H and O–H groups in total. The van der Waals surface area contributed by atoms with Gasteiger partial charge in [0.05, 0.1) is 7.11 Å². The molecule has 0 aliphatic heterocycles. The lowest BCUT2D eigenvalue weighted by Gasteiger charge is -2.18. The SMILES string of the molecule is COc1ccc(Cc2ccc(C(NC(=O)C(CS)CCc3ccccc3)C(=O)O)s2)cc1. The van der Waals surface area contributed by atoms with E-state index in [-0.39, 0.29) is 11.8 Å². The number of rotatable bonds is 11. The van der Waals surface area contributed by atoms with E-state index >= 15 is 0 Å². The third kappa shape index (κ3) is 6.61. The van der Waals surface area contributed by atoms with Crippen molar-refractivity contribution in [2.24, 2.45) is 5.92 Å². The molecular weight excluding hydrogens is 442 g/mol. The second-order valence-corrected chi connectivity index (χ2v) is 9.08. The van der Waals surface area contributed by atoms with Gasteiger partial charge >= 0.3 is 5.97 Å². The molecule has 0 spiro atoms. The molecule has 1 aromatic heterocycles. The Balaban J connectivity index is 1.63. The second-order valence-electron chi connectivity index (χ2n) is 7.51. The fourth-order valence-corrected chi connectivity index (χ4v) is 4.83. The quantitative estimate of drug-likeness (QED) is 0.354. The number of carbonyl (C=O) groups is 2. The van der Waals surface area contributed by atoms with Gasteiger partial charge in [-0.05, 0) is 48.2 Å². The zero-order valence-corrected chi connectivity index (χ0v) is 19.6. The summed E-state index contributed by atoms with van der Waals surface area (Å²) in [4.78, 5) is 26.4. The van der Waals surface area contributed by atoms with E-state index < -0.39 is 12.0 Å². The van der Waals surface area contributed by atoms with Crippen LogP contribution in [-0.2, 0) is 22.4 Å². The van der Waals surface area contributed by atoms with Crippen molar-refractivity contribution in [1.29, 1.82) is 0 Å². The van der Waals surface area contributed by atoms with E-state index in [4.69, 9.17) is 4.74 Å². The third-order valence-corrected chi connectivity index (χ3v) is 6.84. The van der Waals surface area contributed by atoms with Gasteiger partial charge in [-0.1, -0.05) is 42.5 Å². The highest BCUT2D eigenvalue weighted by atomic mass is 32.1. The summed E-state index contributed by atoms with van der Waals surface area (Å²) in [5.74, 6) is -0.567. The van der Waals surface area contributed by atoms with Gasteiger partial charge in [0.25, 0.3) is 0 Å². The maximum atomic E-state index is 12.8. The number of methoxy groups -OCH3 is 1. The van der Waals surface area contributed by atoms with Crippen LogP contribution in [0, 0.1) is 5.92 Å². The number of carbonyl (C=O) groups excluding carboxylic acids is 1. The first-order valence-corrected chi connectivity index (χ1v) is 11.8. The average molecular weight is 470 g/mol. The fourth-order valence-electron chi connectivity index (χ4n) is 3.39. The van der Waals surface area contributed by atoms with Crippen molar-refractivity contribution in [2.75, 3.05) is 12.9 Å². The molecular formula is C25H27NO4S2. The average Bonchev–Trinajstić information content (AvgIpc) is 3.26. The molecule has 0 aliphatic carbocycles. The van der Waals surface area contributed by atoms with Crippen LogP contribution in [0.4, 0.5) is 0 Å². The number of thiol groups is 1. The minimum Gasteiger partial charge on any atom is -0.497 e. The van der Waals surface area contributed by atoms with Crippen LogP contribution in [0.1, 0.15) is 33.3 Å². The molecule has 0 aliphatic rings. The summed E-state index contributed by atoms with van der Waals surface area (Å²) in [5.41, 5.74) is 2.24. The van der Waals surface area contributed by atoms with E-state index in [1.807, 2.05) is 60.7 Å². The molecule has 1 heterocycles. The van der Waals surface area contributed by atoms with Gasteiger partial charge < -0.3 is 15.2 Å². The van der Waals surface area contributed by atoms with Gasteiger partial charge in [-0.2, -0.15) is 12.6 Å². The van der Waals surface area contributed by atoms with Crippen LogP contribution < -0.4 is 10.1 Å². The van der Waals surface area contributed by atoms with Crippen LogP contribution in [0.5, 0.6) is 5.75 Å². The van der Waals surface area contributed by atoms with E-state index in [0.717, 1.165) is 28.2 Å². The molecule has 7 heteroatoms. The smallest absolute Gasteiger partial charge is 0.331 e. The molecule has 32 heavy (non-hydrogen) atoms. The summed E-state index contributed by atoms with van der Waals surface area (Å²) in [6.07, 6.45) is 2.03. The van der Waals surface area contributed by atoms with Gasteiger partial charge in [-0.15, -0.1) is 11.3 Å². The predicted molar refractivity (Wildman–Crippen MR) is 131 cm³/mol. The molecule has 3 aromatic rings. The van der Waals surface area contributed by atoms with Gasteiger partial charge in [0.1, 0.15) is 5.75 Å². The van der Waals surface area contributed by atoms with Gasteiger partial charge in [0, 0.05) is 27.8 Å². The lowest BCUT2D eigenvalue weighted by Crippen LogP contribution is -2.38. The number of aryl methyl sites for hydroxylation is 1. The number of hydrogen-bond acceptors (Lipinski definition) is 5. The summed E-state index contributed by atoms with van der Waals surface area (Å²) in [6, 6.07) is 20.3. The van der Waals surface area contributed by atoms with Crippen molar-refractivity contribution in [3.05, 3.63) is 87.6 Å².